The minimum atomic E-state index is -2.41. The third kappa shape index (κ3) is 4.79. The van der Waals surface area contributed by atoms with E-state index in [4.69, 9.17) is 9.16 Å². The molecule has 2 heterocycles. The molecule has 0 spiro atoms. The molecule has 0 saturated heterocycles. The molecule has 4 rings (SSSR count). The SMILES string of the molecule is CC1=CN2C(=O)c3cc(C)c(O)cc3N(C(=O)OCc3ccccc3)[C@@H](O[Si](C)(C)C(C)(C)C)[C@@H]2C1. The fourth-order valence-corrected chi connectivity index (χ4v) is 5.59. The van der Waals surface area contributed by atoms with Crippen LogP contribution in [-0.4, -0.2) is 42.6 Å². The second-order valence-electron chi connectivity index (χ2n) is 11.3. The Hall–Kier alpha value is -3.10. The first-order valence-corrected chi connectivity index (χ1v) is 15.2. The van der Waals surface area contributed by atoms with Crippen LogP contribution in [0.3, 0.4) is 0 Å². The van der Waals surface area contributed by atoms with E-state index in [1.165, 1.54) is 11.0 Å². The number of nitrogens with zero attached hydrogens (tertiary/aromatic N) is 2. The highest BCUT2D eigenvalue weighted by Crippen LogP contribution is 2.44. The summed E-state index contributed by atoms with van der Waals surface area (Å²) in [5.74, 6) is -0.223. The number of carbonyl (C=O) groups excluding carboxylic acids is 2. The quantitative estimate of drug-likeness (QED) is 0.489. The summed E-state index contributed by atoms with van der Waals surface area (Å²) in [6.45, 7) is 14.5. The van der Waals surface area contributed by atoms with Crippen LogP contribution in [0.15, 0.2) is 54.2 Å². The highest BCUT2D eigenvalue weighted by molar-refractivity contribution is 6.74. The first-order chi connectivity index (χ1) is 16.8. The van der Waals surface area contributed by atoms with Gasteiger partial charge in [0.1, 0.15) is 12.4 Å². The first-order valence-electron chi connectivity index (χ1n) is 12.3. The lowest BCUT2D eigenvalue weighted by atomic mass is 10.1. The number of amides is 2. The molecule has 2 aliphatic rings. The molecule has 0 unspecified atom stereocenters. The summed E-state index contributed by atoms with van der Waals surface area (Å²) in [6.07, 6.45) is 1.02. The van der Waals surface area contributed by atoms with Crippen LogP contribution in [0.2, 0.25) is 18.1 Å². The van der Waals surface area contributed by atoms with Crippen molar-refractivity contribution in [3.05, 3.63) is 70.9 Å². The van der Waals surface area contributed by atoms with Crippen molar-refractivity contribution in [3.63, 3.8) is 0 Å². The summed E-state index contributed by atoms with van der Waals surface area (Å²) in [4.78, 5) is 30.7. The van der Waals surface area contributed by atoms with E-state index in [0.717, 1.165) is 11.1 Å². The highest BCUT2D eigenvalue weighted by atomic mass is 28.4. The molecule has 2 aliphatic heterocycles. The molecular formula is C28H36N2O5Si. The van der Waals surface area contributed by atoms with E-state index in [1.54, 1.807) is 17.9 Å². The maximum Gasteiger partial charge on any atom is 0.416 e. The van der Waals surface area contributed by atoms with Gasteiger partial charge in [0, 0.05) is 12.3 Å². The standard InChI is InChI=1S/C28H36N2O5Si/c1-18-13-23-26(35-36(6,7)28(3,4)5)30(27(33)34-17-20-11-9-8-10-12-20)22-15-24(31)19(2)14-21(22)25(32)29(23)16-18/h8-12,14-16,23,26,31H,13,17H2,1-7H3/t23-,26-/m0/s1. The van der Waals surface area contributed by atoms with Crippen LogP contribution >= 0.6 is 0 Å². The monoisotopic (exact) mass is 508 g/mol. The molecule has 2 aromatic carbocycles. The smallest absolute Gasteiger partial charge is 0.416 e. The van der Waals surface area contributed by atoms with E-state index in [9.17, 15) is 14.7 Å². The van der Waals surface area contributed by atoms with Crippen molar-refractivity contribution < 1.29 is 23.9 Å². The van der Waals surface area contributed by atoms with Gasteiger partial charge in [-0.05, 0) is 55.6 Å². The number of aromatic hydroxyl groups is 1. The van der Waals surface area contributed by atoms with Gasteiger partial charge in [-0.1, -0.05) is 56.7 Å². The Morgan fingerprint density at radius 3 is 2.44 bits per heavy atom. The molecule has 36 heavy (non-hydrogen) atoms. The predicted molar refractivity (Wildman–Crippen MR) is 142 cm³/mol. The van der Waals surface area contributed by atoms with Crippen LogP contribution < -0.4 is 4.90 Å². The average Bonchev–Trinajstić information content (AvgIpc) is 3.17. The number of hydrogen-bond donors (Lipinski definition) is 1. The Bertz CT molecular complexity index is 1200. The second-order valence-corrected chi connectivity index (χ2v) is 16.1. The van der Waals surface area contributed by atoms with Crippen LogP contribution in [0, 0.1) is 6.92 Å². The summed E-state index contributed by atoms with van der Waals surface area (Å²) in [7, 11) is -2.41. The molecule has 0 bridgehead atoms. The molecule has 8 heteroatoms. The highest BCUT2D eigenvalue weighted by Gasteiger charge is 2.50. The molecule has 2 atom stereocenters. The number of ether oxygens (including phenoxy) is 1. The summed E-state index contributed by atoms with van der Waals surface area (Å²) in [6, 6.07) is 12.2. The molecule has 7 nitrogen and oxygen atoms in total. The predicted octanol–water partition coefficient (Wildman–Crippen LogP) is 6.32. The topological polar surface area (TPSA) is 79.3 Å². The Balaban J connectivity index is 1.85. The molecule has 0 saturated carbocycles. The maximum absolute atomic E-state index is 13.8. The summed E-state index contributed by atoms with van der Waals surface area (Å²) in [5, 5.41) is 10.5. The van der Waals surface area contributed by atoms with Gasteiger partial charge in [0.05, 0.1) is 17.3 Å². The zero-order chi connectivity index (χ0) is 26.4. The largest absolute Gasteiger partial charge is 0.508 e. The number of hydrogen-bond acceptors (Lipinski definition) is 5. The van der Waals surface area contributed by atoms with E-state index in [2.05, 4.69) is 33.9 Å². The second kappa shape index (κ2) is 9.41. The van der Waals surface area contributed by atoms with Crippen molar-refractivity contribution in [1.82, 2.24) is 4.90 Å². The number of rotatable bonds is 4. The van der Waals surface area contributed by atoms with Gasteiger partial charge in [0.2, 0.25) is 0 Å². The van der Waals surface area contributed by atoms with Gasteiger partial charge >= 0.3 is 6.09 Å². The number of phenolic OH excluding ortho intramolecular Hbond substituents is 1. The third-order valence-electron chi connectivity index (χ3n) is 7.49. The lowest BCUT2D eigenvalue weighted by Gasteiger charge is -2.44. The maximum atomic E-state index is 13.8. The molecule has 0 fully saturated rings. The van der Waals surface area contributed by atoms with Crippen LogP contribution in [0.1, 0.15) is 55.6 Å². The third-order valence-corrected chi connectivity index (χ3v) is 11.9. The summed E-state index contributed by atoms with van der Waals surface area (Å²) >= 11 is 0. The van der Waals surface area contributed by atoms with Crippen molar-refractivity contribution in [3.8, 4) is 5.75 Å². The van der Waals surface area contributed by atoms with E-state index in [1.807, 2.05) is 43.5 Å². The number of phenols is 1. The van der Waals surface area contributed by atoms with Gasteiger partial charge < -0.3 is 19.2 Å². The van der Waals surface area contributed by atoms with E-state index in [0.29, 0.717) is 23.2 Å². The number of anilines is 1. The van der Waals surface area contributed by atoms with Crippen molar-refractivity contribution in [2.75, 3.05) is 4.90 Å². The number of aryl methyl sites for hydroxylation is 1. The normalized spacial score (nSPS) is 20.0. The Morgan fingerprint density at radius 2 is 1.81 bits per heavy atom. The Kier molecular flexibility index (Phi) is 6.79. The van der Waals surface area contributed by atoms with Crippen LogP contribution in [0.4, 0.5) is 10.5 Å². The zero-order valence-electron chi connectivity index (χ0n) is 22.2. The average molecular weight is 509 g/mol. The zero-order valence-corrected chi connectivity index (χ0v) is 23.2. The van der Waals surface area contributed by atoms with E-state index in [-0.39, 0.29) is 23.3 Å². The van der Waals surface area contributed by atoms with Gasteiger partial charge in [0.25, 0.3) is 5.91 Å². The summed E-state index contributed by atoms with van der Waals surface area (Å²) < 4.78 is 12.7. The molecule has 192 valence electrons. The van der Waals surface area contributed by atoms with Crippen molar-refractivity contribution in [2.24, 2.45) is 0 Å². The lowest BCUT2D eigenvalue weighted by Crippen LogP contribution is -2.57. The minimum Gasteiger partial charge on any atom is -0.508 e. The van der Waals surface area contributed by atoms with E-state index >= 15 is 0 Å². The Morgan fingerprint density at radius 1 is 1.14 bits per heavy atom. The molecule has 0 aliphatic carbocycles. The van der Waals surface area contributed by atoms with Crippen LogP contribution in [0.25, 0.3) is 0 Å². The van der Waals surface area contributed by atoms with Crippen LogP contribution in [0.5, 0.6) is 5.75 Å². The van der Waals surface area contributed by atoms with Crippen molar-refractivity contribution >= 4 is 26.0 Å². The van der Waals surface area contributed by atoms with Crippen molar-refractivity contribution in [1.29, 1.82) is 0 Å². The molecule has 0 radical (unpaired) electrons. The minimum absolute atomic E-state index is 0.00210. The summed E-state index contributed by atoms with van der Waals surface area (Å²) in [5.41, 5.74) is 3.07. The number of fused-ring (bicyclic) bond motifs is 2. The van der Waals surface area contributed by atoms with Gasteiger partial charge in [-0.15, -0.1) is 0 Å². The van der Waals surface area contributed by atoms with Gasteiger partial charge in [-0.2, -0.15) is 0 Å². The van der Waals surface area contributed by atoms with Crippen molar-refractivity contribution in [2.45, 2.75) is 78.0 Å². The van der Waals surface area contributed by atoms with Gasteiger partial charge in [-0.25, -0.2) is 9.69 Å². The Labute approximate surface area is 214 Å². The molecule has 2 aromatic rings. The lowest BCUT2D eigenvalue weighted by molar-refractivity contribution is 0.0578. The fraction of sp³-hybridized carbons (Fsp3) is 0.429. The molecule has 1 N–H and O–H groups in total. The van der Waals surface area contributed by atoms with Gasteiger partial charge in [-0.3, -0.25) is 4.79 Å². The van der Waals surface area contributed by atoms with E-state index < -0.39 is 26.7 Å². The number of carbonyl (C=O) groups is 2. The number of benzene rings is 2. The van der Waals surface area contributed by atoms with Gasteiger partial charge in [0.15, 0.2) is 14.5 Å². The first kappa shape index (κ1) is 26.0. The molecule has 0 aromatic heterocycles. The molecular weight excluding hydrogens is 472 g/mol. The fourth-order valence-electron chi connectivity index (χ4n) is 4.37. The molecule has 2 amide bonds. The van der Waals surface area contributed by atoms with Crippen LogP contribution in [-0.2, 0) is 15.8 Å².